The first-order valence-corrected chi connectivity index (χ1v) is 6.26. The van der Waals surface area contributed by atoms with Gasteiger partial charge in [0.15, 0.2) is 0 Å². The summed E-state index contributed by atoms with van der Waals surface area (Å²) in [5.74, 6) is -0.986. The van der Waals surface area contributed by atoms with Crippen molar-refractivity contribution in [3.63, 3.8) is 0 Å². The highest BCUT2D eigenvalue weighted by Crippen LogP contribution is 2.25. The molecule has 0 amide bonds. The van der Waals surface area contributed by atoms with Crippen molar-refractivity contribution in [2.24, 2.45) is 5.92 Å². The highest BCUT2D eigenvalue weighted by molar-refractivity contribution is 5.87. The van der Waals surface area contributed by atoms with Crippen LogP contribution in [0.3, 0.4) is 0 Å². The molecule has 0 saturated carbocycles. The van der Waals surface area contributed by atoms with Gasteiger partial charge in [-0.2, -0.15) is 0 Å². The fourth-order valence-corrected chi connectivity index (χ4v) is 1.81. The van der Waals surface area contributed by atoms with Gasteiger partial charge in [-0.1, -0.05) is 13.8 Å². The zero-order chi connectivity index (χ0) is 14.6. The van der Waals surface area contributed by atoms with Gasteiger partial charge in [-0.3, -0.25) is 0 Å². The van der Waals surface area contributed by atoms with E-state index in [1.165, 1.54) is 18.2 Å². The first kappa shape index (κ1) is 15.2. The predicted molar refractivity (Wildman–Crippen MR) is 75.8 cm³/mol. The minimum absolute atomic E-state index is 0.266. The third kappa shape index (κ3) is 4.09. The molecule has 3 nitrogen and oxygen atoms in total. The zero-order valence-corrected chi connectivity index (χ0v) is 11.7. The number of hydrogen-bond donors (Lipinski definition) is 1. The summed E-state index contributed by atoms with van der Waals surface area (Å²) in [7, 11) is 1.93. The Morgan fingerprint density at radius 2 is 2.00 bits per heavy atom. The molecule has 0 fully saturated rings. The number of halogens is 1. The minimum atomic E-state index is -1.05. The van der Waals surface area contributed by atoms with Crippen LogP contribution in [0.4, 0.5) is 10.1 Å². The fraction of sp³-hybridized carbons (Fsp3) is 0.400. The number of rotatable bonds is 5. The van der Waals surface area contributed by atoms with Crippen LogP contribution in [0, 0.1) is 11.7 Å². The van der Waals surface area contributed by atoms with Gasteiger partial charge < -0.3 is 10.0 Å². The zero-order valence-electron chi connectivity index (χ0n) is 11.7. The molecular weight excluding hydrogens is 245 g/mol. The van der Waals surface area contributed by atoms with Crippen molar-refractivity contribution in [3.05, 3.63) is 35.7 Å². The Morgan fingerprint density at radius 1 is 1.37 bits per heavy atom. The van der Waals surface area contributed by atoms with E-state index in [9.17, 15) is 9.18 Å². The Labute approximate surface area is 113 Å². The average Bonchev–Trinajstić information content (AvgIpc) is 2.34. The van der Waals surface area contributed by atoms with Crippen LogP contribution in [0.2, 0.25) is 0 Å². The third-order valence-corrected chi connectivity index (χ3v) is 3.35. The van der Waals surface area contributed by atoms with E-state index in [-0.39, 0.29) is 11.9 Å². The Hall–Kier alpha value is -1.84. The lowest BCUT2D eigenvalue weighted by molar-refractivity contribution is -0.131. The fourth-order valence-electron chi connectivity index (χ4n) is 1.81. The summed E-state index contributed by atoms with van der Waals surface area (Å²) in [5.41, 5.74) is 1.39. The van der Waals surface area contributed by atoms with Gasteiger partial charge in [-0.05, 0) is 37.1 Å². The lowest BCUT2D eigenvalue weighted by atomic mass is 10.0. The van der Waals surface area contributed by atoms with Gasteiger partial charge in [-0.25, -0.2) is 9.18 Å². The second kappa shape index (κ2) is 6.36. The maximum Gasteiger partial charge on any atom is 0.328 e. The Morgan fingerprint density at radius 3 is 2.53 bits per heavy atom. The number of hydrogen-bond acceptors (Lipinski definition) is 2. The molecule has 19 heavy (non-hydrogen) atoms. The molecule has 4 heteroatoms. The van der Waals surface area contributed by atoms with Crippen molar-refractivity contribution in [2.75, 3.05) is 11.9 Å². The monoisotopic (exact) mass is 265 g/mol. The van der Waals surface area contributed by atoms with Crippen LogP contribution >= 0.6 is 0 Å². The van der Waals surface area contributed by atoms with E-state index in [0.717, 1.165) is 11.8 Å². The molecule has 0 aromatic heterocycles. The maximum atomic E-state index is 13.3. The lowest BCUT2D eigenvalue weighted by Gasteiger charge is -2.31. The number of anilines is 1. The van der Waals surface area contributed by atoms with E-state index >= 15 is 0 Å². The van der Waals surface area contributed by atoms with Gasteiger partial charge in [0.1, 0.15) is 5.82 Å². The Bertz CT molecular complexity index is 483. The smallest absolute Gasteiger partial charge is 0.328 e. The van der Waals surface area contributed by atoms with Gasteiger partial charge >= 0.3 is 5.97 Å². The molecule has 0 spiro atoms. The van der Waals surface area contributed by atoms with Crippen molar-refractivity contribution in [2.45, 2.75) is 26.8 Å². The van der Waals surface area contributed by atoms with Crippen LogP contribution in [0.1, 0.15) is 26.3 Å². The summed E-state index contributed by atoms with van der Waals surface area (Å²) in [6, 6.07) is 4.67. The Kier molecular flexibility index (Phi) is 5.10. The van der Waals surface area contributed by atoms with Gasteiger partial charge in [0.05, 0.1) is 0 Å². The number of nitrogens with zero attached hydrogens (tertiary/aromatic N) is 1. The van der Waals surface area contributed by atoms with Crippen LogP contribution in [0.15, 0.2) is 24.3 Å². The second-order valence-electron chi connectivity index (χ2n) is 4.97. The van der Waals surface area contributed by atoms with Crippen molar-refractivity contribution in [1.82, 2.24) is 0 Å². The van der Waals surface area contributed by atoms with E-state index in [0.29, 0.717) is 11.5 Å². The summed E-state index contributed by atoms with van der Waals surface area (Å²) >= 11 is 0. The number of carbonyl (C=O) groups is 1. The van der Waals surface area contributed by atoms with E-state index in [4.69, 9.17) is 5.11 Å². The Balaban J connectivity index is 3.16. The van der Waals surface area contributed by atoms with Crippen molar-refractivity contribution < 1.29 is 14.3 Å². The van der Waals surface area contributed by atoms with Crippen LogP contribution in [-0.2, 0) is 4.79 Å². The number of benzene rings is 1. The molecule has 1 atom stereocenters. The highest BCUT2D eigenvalue weighted by atomic mass is 19.1. The molecule has 1 aromatic carbocycles. The van der Waals surface area contributed by atoms with Crippen molar-refractivity contribution in [1.29, 1.82) is 0 Å². The topological polar surface area (TPSA) is 40.5 Å². The molecule has 1 aromatic rings. The predicted octanol–water partition coefficient (Wildman–Crippen LogP) is 3.40. The number of carboxylic acids is 1. The SMILES string of the molecule is CC(C)C(C)N(C)c1ccc(F)cc1C=CC(=O)O. The van der Waals surface area contributed by atoms with E-state index < -0.39 is 5.97 Å². The first-order chi connectivity index (χ1) is 8.82. The van der Waals surface area contributed by atoms with Crippen molar-refractivity contribution in [3.8, 4) is 0 Å². The van der Waals surface area contributed by atoms with Gasteiger partial charge in [0, 0.05) is 30.4 Å². The highest BCUT2D eigenvalue weighted by Gasteiger charge is 2.16. The molecule has 0 aliphatic heterocycles. The molecule has 104 valence electrons. The summed E-state index contributed by atoms with van der Waals surface area (Å²) < 4.78 is 13.3. The normalized spacial score (nSPS) is 12.9. The molecule has 0 aliphatic rings. The molecule has 0 heterocycles. The molecule has 1 rings (SSSR count). The van der Waals surface area contributed by atoms with Crippen LogP contribution in [-0.4, -0.2) is 24.2 Å². The van der Waals surface area contributed by atoms with E-state index in [2.05, 4.69) is 20.8 Å². The summed E-state index contributed by atoms with van der Waals surface area (Å²) in [6.45, 7) is 6.30. The summed E-state index contributed by atoms with van der Waals surface area (Å²) in [5, 5.41) is 8.68. The summed E-state index contributed by atoms with van der Waals surface area (Å²) in [4.78, 5) is 12.6. The second-order valence-corrected chi connectivity index (χ2v) is 4.97. The molecule has 0 radical (unpaired) electrons. The summed E-state index contributed by atoms with van der Waals surface area (Å²) in [6.07, 6.45) is 2.44. The molecule has 1 N–H and O–H groups in total. The minimum Gasteiger partial charge on any atom is -0.478 e. The molecular formula is C15H20FNO2. The standard InChI is InChI=1S/C15H20FNO2/c1-10(2)11(3)17(4)14-7-6-13(16)9-12(14)5-8-15(18)19/h5-11H,1-4H3,(H,18,19). The number of carboxylic acid groups (broad SMARTS) is 1. The van der Waals surface area contributed by atoms with Gasteiger partial charge in [-0.15, -0.1) is 0 Å². The average molecular weight is 265 g/mol. The van der Waals surface area contributed by atoms with Crippen LogP contribution in [0.5, 0.6) is 0 Å². The van der Waals surface area contributed by atoms with Crippen LogP contribution < -0.4 is 4.90 Å². The first-order valence-electron chi connectivity index (χ1n) is 6.26. The maximum absolute atomic E-state index is 13.3. The van der Waals surface area contributed by atoms with E-state index in [1.54, 1.807) is 6.07 Å². The van der Waals surface area contributed by atoms with Gasteiger partial charge in [0.25, 0.3) is 0 Å². The van der Waals surface area contributed by atoms with Crippen molar-refractivity contribution >= 4 is 17.7 Å². The molecule has 1 unspecified atom stereocenters. The molecule has 0 bridgehead atoms. The van der Waals surface area contributed by atoms with Crippen LogP contribution in [0.25, 0.3) is 6.08 Å². The number of aliphatic carboxylic acids is 1. The lowest BCUT2D eigenvalue weighted by Crippen LogP contribution is -2.33. The largest absolute Gasteiger partial charge is 0.478 e. The van der Waals surface area contributed by atoms with Gasteiger partial charge in [0.2, 0.25) is 0 Å². The third-order valence-electron chi connectivity index (χ3n) is 3.35. The molecule has 0 aliphatic carbocycles. The van der Waals surface area contributed by atoms with E-state index in [1.807, 2.05) is 11.9 Å². The molecule has 0 saturated heterocycles. The quantitative estimate of drug-likeness (QED) is 0.829.